The number of nitro benzene ring substituents is 1. The Hall–Kier alpha value is -1.16. The van der Waals surface area contributed by atoms with Gasteiger partial charge in [0.05, 0.1) is 21.3 Å². The van der Waals surface area contributed by atoms with E-state index in [1.54, 1.807) is 0 Å². The number of rotatable bonds is 6. The van der Waals surface area contributed by atoms with Crippen LogP contribution in [0.1, 0.15) is 0 Å². The highest BCUT2D eigenvalue weighted by molar-refractivity contribution is 7.99. The van der Waals surface area contributed by atoms with Gasteiger partial charge in [0, 0.05) is 11.8 Å². The first-order valence-corrected chi connectivity index (χ1v) is 7.35. The zero-order chi connectivity index (χ0) is 13.8. The summed E-state index contributed by atoms with van der Waals surface area (Å²) in [5.74, 6) is 0.305. The van der Waals surface area contributed by atoms with Crippen LogP contribution in [-0.4, -0.2) is 37.9 Å². The fourth-order valence-electron chi connectivity index (χ4n) is 1.20. The lowest BCUT2D eigenvalue weighted by molar-refractivity contribution is -0.388. The minimum atomic E-state index is -3.70. The number of thioether (sulfide) groups is 1. The van der Waals surface area contributed by atoms with Crippen molar-refractivity contribution in [1.29, 1.82) is 0 Å². The van der Waals surface area contributed by atoms with E-state index in [0.717, 1.165) is 17.8 Å². The second-order valence-corrected chi connectivity index (χ2v) is 6.19. The maximum Gasteiger partial charge on any atom is 0.284 e. The van der Waals surface area contributed by atoms with Gasteiger partial charge in [-0.25, -0.2) is 13.1 Å². The summed E-state index contributed by atoms with van der Waals surface area (Å²) >= 11 is 1.10. The molecule has 0 atom stereocenters. The summed E-state index contributed by atoms with van der Waals surface area (Å²) in [5.41, 5.74) is -0.287. The number of sulfonamides is 1. The first-order valence-electron chi connectivity index (χ1n) is 4.88. The van der Waals surface area contributed by atoms with E-state index in [9.17, 15) is 18.5 Å². The van der Waals surface area contributed by atoms with Gasteiger partial charge in [0.15, 0.2) is 0 Å². The zero-order valence-electron chi connectivity index (χ0n) is 9.49. The second kappa shape index (κ2) is 6.14. The molecule has 0 aliphatic rings. The second-order valence-electron chi connectivity index (χ2n) is 3.17. The largest absolute Gasteiger partial charge is 0.396 e. The third-order valence-corrected chi connectivity index (χ3v) is 4.51. The molecular weight excluding hydrogens is 280 g/mol. The van der Waals surface area contributed by atoms with Crippen molar-refractivity contribution in [2.75, 3.05) is 19.4 Å². The molecule has 1 rings (SSSR count). The Kier molecular flexibility index (Phi) is 5.08. The molecule has 9 heteroatoms. The Morgan fingerprint density at radius 3 is 2.67 bits per heavy atom. The van der Waals surface area contributed by atoms with Gasteiger partial charge in [-0.1, -0.05) is 0 Å². The van der Waals surface area contributed by atoms with Crippen LogP contribution in [0.25, 0.3) is 0 Å². The van der Waals surface area contributed by atoms with Crippen LogP contribution >= 0.6 is 11.8 Å². The van der Waals surface area contributed by atoms with Crippen molar-refractivity contribution < 1.29 is 18.4 Å². The minimum absolute atomic E-state index is 0.113. The molecule has 0 unspecified atom stereocenters. The number of nitrogens with zero attached hydrogens (tertiary/aromatic N) is 1. The zero-order valence-corrected chi connectivity index (χ0v) is 11.1. The van der Waals surface area contributed by atoms with Crippen LogP contribution in [0.5, 0.6) is 0 Å². The molecule has 1 aromatic rings. The Balaban J connectivity index is 3.23. The van der Waals surface area contributed by atoms with E-state index in [-0.39, 0.29) is 17.2 Å². The van der Waals surface area contributed by atoms with Crippen molar-refractivity contribution in [3.63, 3.8) is 0 Å². The summed E-state index contributed by atoms with van der Waals surface area (Å²) in [6.07, 6.45) is 0. The molecule has 7 nitrogen and oxygen atoms in total. The first-order chi connectivity index (χ1) is 8.42. The Morgan fingerprint density at radius 2 is 2.17 bits per heavy atom. The van der Waals surface area contributed by atoms with Gasteiger partial charge in [-0.05, 0) is 19.2 Å². The van der Waals surface area contributed by atoms with Crippen molar-refractivity contribution in [1.82, 2.24) is 4.72 Å². The maximum absolute atomic E-state index is 11.5. The standard InChI is InChI=1S/C9H12N2O5S2/c1-10-18(15,16)7-2-3-9(17-5-4-12)8(6-7)11(13)14/h2-3,6,10,12H,4-5H2,1H3. The Labute approximate surface area is 108 Å². The number of nitrogens with one attached hydrogen (secondary N) is 1. The number of hydrogen-bond donors (Lipinski definition) is 2. The fraction of sp³-hybridized carbons (Fsp3) is 0.333. The maximum atomic E-state index is 11.5. The SMILES string of the molecule is CNS(=O)(=O)c1ccc(SCCO)c([N+](=O)[O-])c1. The average Bonchev–Trinajstić information content (AvgIpc) is 2.35. The van der Waals surface area contributed by atoms with Crippen LogP contribution in [-0.2, 0) is 10.0 Å². The van der Waals surface area contributed by atoms with Gasteiger partial charge in [0.2, 0.25) is 10.0 Å². The Bertz CT molecular complexity index is 544. The van der Waals surface area contributed by atoms with E-state index in [4.69, 9.17) is 5.11 Å². The number of benzene rings is 1. The predicted octanol–water partition coefficient (Wildman–Crippen LogP) is 0.587. The van der Waals surface area contributed by atoms with Crippen LogP contribution in [0.2, 0.25) is 0 Å². The van der Waals surface area contributed by atoms with E-state index >= 15 is 0 Å². The van der Waals surface area contributed by atoms with Gasteiger partial charge >= 0.3 is 0 Å². The van der Waals surface area contributed by atoms with E-state index in [1.165, 1.54) is 19.2 Å². The molecular formula is C9H12N2O5S2. The van der Waals surface area contributed by atoms with Crippen molar-refractivity contribution in [2.45, 2.75) is 9.79 Å². The van der Waals surface area contributed by atoms with E-state index in [1.807, 2.05) is 0 Å². The number of aliphatic hydroxyl groups excluding tert-OH is 1. The molecule has 2 N–H and O–H groups in total. The van der Waals surface area contributed by atoms with Gasteiger partial charge in [-0.2, -0.15) is 0 Å². The third kappa shape index (κ3) is 3.42. The van der Waals surface area contributed by atoms with Crippen LogP contribution in [0.15, 0.2) is 28.0 Å². The molecule has 0 saturated heterocycles. The van der Waals surface area contributed by atoms with Gasteiger partial charge < -0.3 is 5.11 Å². The average molecular weight is 292 g/mol. The highest BCUT2D eigenvalue weighted by atomic mass is 32.2. The summed E-state index contributed by atoms with van der Waals surface area (Å²) in [6, 6.07) is 3.66. The topological polar surface area (TPSA) is 110 Å². The third-order valence-electron chi connectivity index (χ3n) is 2.05. The molecule has 0 aliphatic carbocycles. The Morgan fingerprint density at radius 1 is 1.50 bits per heavy atom. The highest BCUT2D eigenvalue weighted by Crippen LogP contribution is 2.31. The first kappa shape index (κ1) is 14.9. The molecule has 1 aromatic carbocycles. The monoisotopic (exact) mass is 292 g/mol. The predicted molar refractivity (Wildman–Crippen MR) is 67.2 cm³/mol. The summed E-state index contributed by atoms with van der Waals surface area (Å²) in [6.45, 7) is -0.113. The lowest BCUT2D eigenvalue weighted by atomic mass is 10.3. The molecule has 0 aliphatic heterocycles. The highest BCUT2D eigenvalue weighted by Gasteiger charge is 2.20. The summed E-state index contributed by atoms with van der Waals surface area (Å²) < 4.78 is 25.1. The number of aliphatic hydroxyl groups is 1. The van der Waals surface area contributed by atoms with Crippen molar-refractivity contribution in [3.05, 3.63) is 28.3 Å². The molecule has 18 heavy (non-hydrogen) atoms. The lowest BCUT2D eigenvalue weighted by Crippen LogP contribution is -2.18. The quantitative estimate of drug-likeness (QED) is 0.451. The molecule has 0 aromatic heterocycles. The summed E-state index contributed by atoms with van der Waals surface area (Å²) in [7, 11) is -2.47. The smallest absolute Gasteiger partial charge is 0.284 e. The summed E-state index contributed by atoms with van der Waals surface area (Å²) in [4.78, 5) is 10.4. The van der Waals surface area contributed by atoms with Crippen LogP contribution < -0.4 is 4.72 Å². The van der Waals surface area contributed by atoms with Crippen molar-refractivity contribution in [3.8, 4) is 0 Å². The van der Waals surface area contributed by atoms with E-state index in [2.05, 4.69) is 4.72 Å². The molecule has 0 spiro atoms. The van der Waals surface area contributed by atoms with Crippen molar-refractivity contribution in [2.24, 2.45) is 0 Å². The minimum Gasteiger partial charge on any atom is -0.396 e. The van der Waals surface area contributed by atoms with Gasteiger partial charge in [-0.15, -0.1) is 11.8 Å². The van der Waals surface area contributed by atoms with E-state index in [0.29, 0.717) is 10.6 Å². The molecule has 0 radical (unpaired) electrons. The number of hydrogen-bond acceptors (Lipinski definition) is 6. The van der Waals surface area contributed by atoms with Crippen molar-refractivity contribution >= 4 is 27.5 Å². The van der Waals surface area contributed by atoms with Crippen LogP contribution in [0.4, 0.5) is 5.69 Å². The van der Waals surface area contributed by atoms with Gasteiger partial charge in [0.25, 0.3) is 5.69 Å². The molecule has 100 valence electrons. The van der Waals surface area contributed by atoms with Gasteiger partial charge in [-0.3, -0.25) is 10.1 Å². The number of nitro groups is 1. The molecule has 0 fully saturated rings. The lowest BCUT2D eigenvalue weighted by Gasteiger charge is -2.05. The molecule has 0 saturated carbocycles. The molecule has 0 heterocycles. The van der Waals surface area contributed by atoms with Crippen LogP contribution in [0.3, 0.4) is 0 Å². The normalized spacial score (nSPS) is 11.4. The summed E-state index contributed by atoms with van der Waals surface area (Å²) in [5, 5.41) is 19.5. The molecule has 0 bridgehead atoms. The van der Waals surface area contributed by atoms with Gasteiger partial charge in [0.1, 0.15) is 0 Å². The van der Waals surface area contributed by atoms with Crippen LogP contribution in [0, 0.1) is 10.1 Å². The fourth-order valence-corrected chi connectivity index (χ4v) is 2.71. The van der Waals surface area contributed by atoms with E-state index < -0.39 is 14.9 Å². The molecule has 0 amide bonds.